The van der Waals surface area contributed by atoms with Crippen LogP contribution >= 0.6 is 11.3 Å². The molecule has 0 radical (unpaired) electrons. The fourth-order valence-corrected chi connectivity index (χ4v) is 3.81. The predicted molar refractivity (Wildman–Crippen MR) is 105 cm³/mol. The monoisotopic (exact) mass is 371 g/mol. The van der Waals surface area contributed by atoms with Gasteiger partial charge in [-0.15, -0.1) is 11.3 Å². The molecule has 6 heteroatoms. The number of carbonyl (C=O) groups excluding carboxylic acids is 1. The van der Waals surface area contributed by atoms with E-state index in [-0.39, 0.29) is 11.8 Å². The van der Waals surface area contributed by atoms with Gasteiger partial charge in [0.2, 0.25) is 0 Å². The van der Waals surface area contributed by atoms with Crippen molar-refractivity contribution in [2.24, 2.45) is 10.9 Å². The van der Waals surface area contributed by atoms with Crippen LogP contribution in [-0.2, 0) is 11.2 Å². The minimum Gasteiger partial charge on any atom is -0.383 e. The van der Waals surface area contributed by atoms with E-state index in [1.54, 1.807) is 17.5 Å². The van der Waals surface area contributed by atoms with Gasteiger partial charge in [0.05, 0.1) is 0 Å². The molecule has 0 aliphatic carbocycles. The van der Waals surface area contributed by atoms with Gasteiger partial charge in [0.15, 0.2) is 5.84 Å². The molecule has 0 aromatic carbocycles. The summed E-state index contributed by atoms with van der Waals surface area (Å²) in [6.45, 7) is 9.84. The van der Waals surface area contributed by atoms with Crippen molar-refractivity contribution >= 4 is 23.1 Å². The Hall–Kier alpha value is -2.05. The van der Waals surface area contributed by atoms with E-state index in [2.05, 4.69) is 15.3 Å². The lowest BCUT2D eigenvalue weighted by Crippen LogP contribution is -2.41. The molecule has 3 heterocycles. The predicted octanol–water partition coefficient (Wildman–Crippen LogP) is 3.39. The molecule has 26 heavy (non-hydrogen) atoms. The standard InChI is InChI=1S/C20H25N3O2S/c1-6-13-9-14(17(24)15-8-7-12(4)26-15)16(21-10-13)18-22-19(25)20(5,23-18)11(2)3/h7-11,17,24H,6H2,1-5H3,(H,22,23,25). The highest BCUT2D eigenvalue weighted by Gasteiger charge is 2.43. The minimum atomic E-state index is -0.817. The molecule has 3 rings (SSSR count). The molecule has 1 aliphatic heterocycles. The van der Waals surface area contributed by atoms with Crippen LogP contribution in [-0.4, -0.2) is 27.4 Å². The van der Waals surface area contributed by atoms with E-state index in [4.69, 9.17) is 0 Å². The molecule has 0 fully saturated rings. The van der Waals surface area contributed by atoms with Crippen molar-refractivity contribution in [1.29, 1.82) is 0 Å². The second kappa shape index (κ2) is 6.93. The number of pyridine rings is 1. The van der Waals surface area contributed by atoms with Gasteiger partial charge in [-0.3, -0.25) is 9.78 Å². The van der Waals surface area contributed by atoms with E-state index in [0.717, 1.165) is 21.7 Å². The van der Waals surface area contributed by atoms with Crippen LogP contribution in [0, 0.1) is 12.8 Å². The lowest BCUT2D eigenvalue weighted by Gasteiger charge is -2.21. The number of nitrogens with zero attached hydrogens (tertiary/aromatic N) is 2. The number of nitrogens with one attached hydrogen (secondary N) is 1. The van der Waals surface area contributed by atoms with Crippen molar-refractivity contribution in [2.75, 3.05) is 0 Å². The highest BCUT2D eigenvalue weighted by atomic mass is 32.1. The van der Waals surface area contributed by atoms with Gasteiger partial charge in [-0.2, -0.15) is 0 Å². The normalized spacial score (nSPS) is 21.0. The van der Waals surface area contributed by atoms with Crippen LogP contribution in [0.5, 0.6) is 0 Å². The molecule has 1 aliphatic rings. The van der Waals surface area contributed by atoms with E-state index in [1.807, 2.05) is 52.8 Å². The van der Waals surface area contributed by atoms with Crippen molar-refractivity contribution in [3.8, 4) is 0 Å². The fourth-order valence-electron chi connectivity index (χ4n) is 2.93. The van der Waals surface area contributed by atoms with Gasteiger partial charge >= 0.3 is 0 Å². The van der Waals surface area contributed by atoms with Gasteiger partial charge in [0, 0.05) is 21.5 Å². The van der Waals surface area contributed by atoms with Crippen LogP contribution in [0.3, 0.4) is 0 Å². The molecular formula is C20H25N3O2S. The number of rotatable bonds is 5. The van der Waals surface area contributed by atoms with Crippen molar-refractivity contribution in [2.45, 2.75) is 52.7 Å². The summed E-state index contributed by atoms with van der Waals surface area (Å²) in [6, 6.07) is 5.88. The summed E-state index contributed by atoms with van der Waals surface area (Å²) in [5, 5.41) is 13.8. The van der Waals surface area contributed by atoms with Crippen molar-refractivity contribution in [3.63, 3.8) is 0 Å². The molecule has 2 unspecified atom stereocenters. The summed E-state index contributed by atoms with van der Waals surface area (Å²) in [5.74, 6) is 0.371. The Bertz CT molecular complexity index is 872. The Morgan fingerprint density at radius 3 is 2.62 bits per heavy atom. The maximum atomic E-state index is 12.5. The van der Waals surface area contributed by atoms with Gasteiger partial charge in [-0.05, 0) is 49.9 Å². The Kier molecular flexibility index (Phi) is 4.99. The van der Waals surface area contributed by atoms with Gasteiger partial charge in [-0.1, -0.05) is 20.8 Å². The first-order chi connectivity index (χ1) is 12.3. The average molecular weight is 372 g/mol. The molecule has 0 bridgehead atoms. The number of aliphatic hydroxyl groups is 1. The largest absolute Gasteiger partial charge is 0.383 e. The van der Waals surface area contributed by atoms with E-state index < -0.39 is 11.6 Å². The maximum Gasteiger partial charge on any atom is 0.253 e. The van der Waals surface area contributed by atoms with Crippen LogP contribution < -0.4 is 5.32 Å². The highest BCUT2D eigenvalue weighted by Crippen LogP contribution is 2.32. The van der Waals surface area contributed by atoms with Crippen LogP contribution in [0.4, 0.5) is 0 Å². The zero-order chi connectivity index (χ0) is 19.1. The van der Waals surface area contributed by atoms with E-state index in [0.29, 0.717) is 17.1 Å². The molecule has 1 amide bonds. The summed E-state index contributed by atoms with van der Waals surface area (Å²) in [6.07, 6.45) is 1.80. The number of amides is 1. The topological polar surface area (TPSA) is 74.6 Å². The molecule has 2 N–H and O–H groups in total. The molecule has 2 atom stereocenters. The van der Waals surface area contributed by atoms with Crippen LogP contribution in [0.1, 0.15) is 60.4 Å². The number of aliphatic hydroxyl groups excluding tert-OH is 1. The lowest BCUT2D eigenvalue weighted by atomic mass is 9.89. The number of aliphatic imine (C=N–C) groups is 1. The summed E-state index contributed by atoms with van der Waals surface area (Å²) in [5.41, 5.74) is 1.44. The molecule has 0 saturated carbocycles. The number of carbonyl (C=O) groups is 1. The molecule has 138 valence electrons. The number of hydrogen-bond acceptors (Lipinski definition) is 5. The van der Waals surface area contributed by atoms with Crippen LogP contribution in [0.25, 0.3) is 0 Å². The molecule has 0 spiro atoms. The van der Waals surface area contributed by atoms with Gasteiger partial charge in [0.1, 0.15) is 17.3 Å². The van der Waals surface area contributed by atoms with Gasteiger partial charge in [-0.25, -0.2) is 4.99 Å². The van der Waals surface area contributed by atoms with Gasteiger partial charge in [0.25, 0.3) is 5.91 Å². The van der Waals surface area contributed by atoms with E-state index >= 15 is 0 Å². The summed E-state index contributed by atoms with van der Waals surface area (Å²) in [4.78, 5) is 23.7. The number of aromatic nitrogens is 1. The maximum absolute atomic E-state index is 12.5. The van der Waals surface area contributed by atoms with E-state index in [9.17, 15) is 9.90 Å². The quantitative estimate of drug-likeness (QED) is 0.846. The Morgan fingerprint density at radius 2 is 2.08 bits per heavy atom. The summed E-state index contributed by atoms with van der Waals surface area (Å²) >= 11 is 1.56. The minimum absolute atomic E-state index is 0.0586. The Morgan fingerprint density at radius 1 is 1.35 bits per heavy atom. The molecule has 2 aromatic heterocycles. The first-order valence-electron chi connectivity index (χ1n) is 8.91. The Labute approximate surface area is 158 Å². The second-order valence-electron chi connectivity index (χ2n) is 7.20. The van der Waals surface area contributed by atoms with Crippen molar-refractivity contribution < 1.29 is 9.90 Å². The molecule has 5 nitrogen and oxygen atoms in total. The first-order valence-corrected chi connectivity index (χ1v) is 9.72. The third-order valence-electron chi connectivity index (χ3n) is 5.09. The highest BCUT2D eigenvalue weighted by molar-refractivity contribution is 7.12. The van der Waals surface area contributed by atoms with Crippen molar-refractivity contribution in [1.82, 2.24) is 10.3 Å². The van der Waals surface area contributed by atoms with E-state index in [1.165, 1.54) is 0 Å². The number of aryl methyl sites for hydroxylation is 2. The van der Waals surface area contributed by atoms with Crippen molar-refractivity contribution in [3.05, 3.63) is 51.0 Å². The molecule has 0 saturated heterocycles. The molecule has 2 aromatic rings. The third-order valence-corrected chi connectivity index (χ3v) is 6.14. The first kappa shape index (κ1) is 18.7. The number of amidine groups is 1. The smallest absolute Gasteiger partial charge is 0.253 e. The summed E-state index contributed by atoms with van der Waals surface area (Å²) in [7, 11) is 0. The van der Waals surface area contributed by atoms with Gasteiger partial charge < -0.3 is 10.4 Å². The summed E-state index contributed by atoms with van der Waals surface area (Å²) < 4.78 is 0. The van der Waals surface area contributed by atoms with Crippen LogP contribution in [0.15, 0.2) is 29.4 Å². The number of thiophene rings is 1. The zero-order valence-electron chi connectivity index (χ0n) is 15.8. The lowest BCUT2D eigenvalue weighted by molar-refractivity contribution is -0.124. The second-order valence-corrected chi connectivity index (χ2v) is 8.52. The van der Waals surface area contributed by atoms with Crippen LogP contribution in [0.2, 0.25) is 0 Å². The zero-order valence-corrected chi connectivity index (χ0v) is 16.6. The SMILES string of the molecule is CCc1cnc(C2=NC(C)(C(C)C)C(=O)N2)c(C(O)c2ccc(C)s2)c1. The number of hydrogen-bond donors (Lipinski definition) is 2. The molecular weight excluding hydrogens is 346 g/mol. The fraction of sp³-hybridized carbons (Fsp3) is 0.450. The third kappa shape index (κ3) is 3.19. The Balaban J connectivity index is 2.10. The average Bonchev–Trinajstić information content (AvgIpc) is 3.18.